The van der Waals surface area contributed by atoms with Crippen molar-refractivity contribution in [3.63, 3.8) is 0 Å². The minimum atomic E-state index is -0.475. The van der Waals surface area contributed by atoms with Gasteiger partial charge in [-0.15, -0.1) is 11.3 Å². The Morgan fingerprint density at radius 1 is 1.18 bits per heavy atom. The molecule has 2 aliphatic rings. The van der Waals surface area contributed by atoms with Gasteiger partial charge in [0.15, 0.2) is 0 Å². The molecule has 0 bridgehead atoms. The van der Waals surface area contributed by atoms with Gasteiger partial charge in [0.05, 0.1) is 37.7 Å². The van der Waals surface area contributed by atoms with E-state index < -0.39 is 6.10 Å². The summed E-state index contributed by atoms with van der Waals surface area (Å²) in [6.45, 7) is 5.45. The molecular formula is C28H34N2O7S. The summed E-state index contributed by atoms with van der Waals surface area (Å²) < 4.78 is 25.9. The Bertz CT molecular complexity index is 1410. The molecule has 2 fully saturated rings. The first-order valence-corrected chi connectivity index (χ1v) is 14.1. The van der Waals surface area contributed by atoms with Gasteiger partial charge in [0.25, 0.3) is 5.56 Å². The number of carbonyl (C=O) groups is 1. The number of aromatic nitrogens is 2. The molecule has 1 saturated carbocycles. The predicted octanol–water partition coefficient (Wildman–Crippen LogP) is 3.99. The summed E-state index contributed by atoms with van der Waals surface area (Å²) in [6, 6.07) is 7.32. The van der Waals surface area contributed by atoms with Crippen LogP contribution in [0.2, 0.25) is 0 Å². The number of fused-ring (bicyclic) bond motifs is 1. The zero-order chi connectivity index (χ0) is 26.8. The molecule has 3 aromatic rings. The molecular weight excluding hydrogens is 508 g/mol. The fourth-order valence-electron chi connectivity index (χ4n) is 5.41. The van der Waals surface area contributed by atoms with Crippen molar-refractivity contribution in [2.75, 3.05) is 26.9 Å². The molecule has 1 atom stereocenters. The third-order valence-corrected chi connectivity index (χ3v) is 8.65. The number of benzene rings is 1. The first kappa shape index (κ1) is 26.6. The van der Waals surface area contributed by atoms with E-state index in [0.717, 1.165) is 24.0 Å². The van der Waals surface area contributed by atoms with Crippen molar-refractivity contribution in [3.8, 4) is 5.75 Å². The van der Waals surface area contributed by atoms with Crippen LogP contribution in [0.5, 0.6) is 5.75 Å². The molecule has 0 radical (unpaired) electrons. The SMILES string of the molecule is CCOC(=O)C1CC(n2c(=O)c3c(C)csc3n(CC(OC3CCOCC3)c3ccccc3OC)c2=O)C1. The number of hydrogen-bond acceptors (Lipinski definition) is 8. The van der Waals surface area contributed by atoms with E-state index in [0.29, 0.717) is 48.6 Å². The van der Waals surface area contributed by atoms with Gasteiger partial charge in [0.2, 0.25) is 0 Å². The van der Waals surface area contributed by atoms with E-state index in [-0.39, 0.29) is 41.8 Å². The lowest BCUT2D eigenvalue weighted by atomic mass is 9.80. The summed E-state index contributed by atoms with van der Waals surface area (Å²) in [4.78, 5) is 40.4. The van der Waals surface area contributed by atoms with Gasteiger partial charge in [-0.25, -0.2) is 4.79 Å². The van der Waals surface area contributed by atoms with Crippen LogP contribution in [0.3, 0.4) is 0 Å². The number of ether oxygens (including phenoxy) is 4. The Hall–Kier alpha value is -2.95. The predicted molar refractivity (Wildman–Crippen MR) is 144 cm³/mol. The molecule has 5 rings (SSSR count). The van der Waals surface area contributed by atoms with Crippen LogP contribution in [-0.2, 0) is 25.5 Å². The quantitative estimate of drug-likeness (QED) is 0.377. The smallest absolute Gasteiger partial charge is 0.332 e. The van der Waals surface area contributed by atoms with Gasteiger partial charge in [-0.2, -0.15) is 0 Å². The highest BCUT2D eigenvalue weighted by molar-refractivity contribution is 7.17. The van der Waals surface area contributed by atoms with Gasteiger partial charge in [-0.1, -0.05) is 18.2 Å². The van der Waals surface area contributed by atoms with Gasteiger partial charge >= 0.3 is 11.7 Å². The Morgan fingerprint density at radius 2 is 1.92 bits per heavy atom. The molecule has 2 aromatic heterocycles. The van der Waals surface area contributed by atoms with Crippen molar-refractivity contribution in [2.24, 2.45) is 5.92 Å². The average molecular weight is 543 g/mol. The highest BCUT2D eigenvalue weighted by atomic mass is 32.1. The van der Waals surface area contributed by atoms with Crippen molar-refractivity contribution in [1.82, 2.24) is 9.13 Å². The van der Waals surface area contributed by atoms with Crippen LogP contribution in [0, 0.1) is 12.8 Å². The molecule has 1 aromatic carbocycles. The third-order valence-electron chi connectivity index (χ3n) is 7.53. The topological polar surface area (TPSA) is 98.0 Å². The van der Waals surface area contributed by atoms with Crippen LogP contribution in [0.25, 0.3) is 10.2 Å². The van der Waals surface area contributed by atoms with E-state index in [1.54, 1.807) is 18.6 Å². The van der Waals surface area contributed by atoms with Crippen LogP contribution in [-0.4, -0.2) is 48.1 Å². The Kier molecular flexibility index (Phi) is 8.01. The minimum absolute atomic E-state index is 0.0159. The number of carbonyl (C=O) groups excluding carboxylic acids is 1. The summed E-state index contributed by atoms with van der Waals surface area (Å²) in [5, 5.41) is 2.45. The molecule has 1 aliphatic heterocycles. The zero-order valence-electron chi connectivity index (χ0n) is 22.0. The highest BCUT2D eigenvalue weighted by Crippen LogP contribution is 2.38. The molecule has 0 N–H and O–H groups in total. The number of methoxy groups -OCH3 is 1. The number of hydrogen-bond donors (Lipinski definition) is 0. The van der Waals surface area contributed by atoms with E-state index in [9.17, 15) is 14.4 Å². The van der Waals surface area contributed by atoms with E-state index in [2.05, 4.69) is 0 Å². The maximum absolute atomic E-state index is 14.0. The van der Waals surface area contributed by atoms with E-state index in [1.165, 1.54) is 15.9 Å². The standard InChI is InChI=1S/C28H34N2O7S/c1-4-36-27(32)18-13-19(14-18)30-25(31)24-17(2)16-38-26(24)29(28(30)33)15-23(37-20-9-11-35-12-10-20)21-7-5-6-8-22(21)34-3/h5-8,16,18-20,23H,4,9-15H2,1-3H3. The maximum atomic E-state index is 14.0. The van der Waals surface area contributed by atoms with Crippen molar-refractivity contribution >= 4 is 27.5 Å². The summed E-state index contributed by atoms with van der Waals surface area (Å²) in [6.07, 6.45) is 1.87. The van der Waals surface area contributed by atoms with Crippen molar-refractivity contribution in [3.05, 3.63) is 61.6 Å². The van der Waals surface area contributed by atoms with Gasteiger partial charge in [0.1, 0.15) is 16.7 Å². The van der Waals surface area contributed by atoms with Crippen molar-refractivity contribution < 1.29 is 23.7 Å². The summed E-state index contributed by atoms with van der Waals surface area (Å²) >= 11 is 1.39. The second-order valence-corrected chi connectivity index (χ2v) is 10.8. The number of aryl methyl sites for hydroxylation is 1. The van der Waals surface area contributed by atoms with Crippen LogP contribution in [0.4, 0.5) is 0 Å². The molecule has 1 aliphatic carbocycles. The lowest BCUT2D eigenvalue weighted by molar-refractivity contribution is -0.152. The lowest BCUT2D eigenvalue weighted by Gasteiger charge is -2.35. The Morgan fingerprint density at radius 3 is 2.63 bits per heavy atom. The van der Waals surface area contributed by atoms with Gasteiger partial charge in [-0.05, 0) is 56.5 Å². The Labute approximate surface area is 224 Å². The van der Waals surface area contributed by atoms with Gasteiger partial charge in [0, 0.05) is 24.8 Å². The fraction of sp³-hybridized carbons (Fsp3) is 0.536. The maximum Gasteiger partial charge on any atom is 0.332 e. The minimum Gasteiger partial charge on any atom is -0.496 e. The summed E-state index contributed by atoms with van der Waals surface area (Å²) in [7, 11) is 1.62. The summed E-state index contributed by atoms with van der Waals surface area (Å²) in [5.74, 6) is 0.115. The first-order chi connectivity index (χ1) is 18.4. The number of rotatable bonds is 9. The van der Waals surface area contributed by atoms with Crippen molar-refractivity contribution in [2.45, 2.75) is 64.3 Å². The molecule has 1 unspecified atom stereocenters. The number of thiophene rings is 1. The Balaban J connectivity index is 1.56. The lowest BCUT2D eigenvalue weighted by Crippen LogP contribution is -2.47. The molecule has 0 amide bonds. The van der Waals surface area contributed by atoms with Crippen LogP contribution >= 0.6 is 11.3 Å². The van der Waals surface area contributed by atoms with Crippen LogP contribution in [0.1, 0.15) is 55.9 Å². The molecule has 1 saturated heterocycles. The molecule has 38 heavy (non-hydrogen) atoms. The molecule has 10 heteroatoms. The van der Waals surface area contributed by atoms with Crippen molar-refractivity contribution in [1.29, 1.82) is 0 Å². The van der Waals surface area contributed by atoms with Crippen LogP contribution < -0.4 is 16.0 Å². The average Bonchev–Trinajstić information content (AvgIpc) is 3.29. The summed E-state index contributed by atoms with van der Waals surface area (Å²) in [5.41, 5.74) is 0.996. The van der Waals surface area contributed by atoms with Gasteiger partial charge in [-0.3, -0.25) is 18.7 Å². The number of nitrogens with zero attached hydrogens (tertiary/aromatic N) is 2. The van der Waals surface area contributed by atoms with E-state index >= 15 is 0 Å². The largest absolute Gasteiger partial charge is 0.496 e. The third kappa shape index (κ3) is 5.04. The first-order valence-electron chi connectivity index (χ1n) is 13.2. The normalized spacial score (nSPS) is 20.7. The van der Waals surface area contributed by atoms with Gasteiger partial charge < -0.3 is 18.9 Å². The zero-order valence-corrected chi connectivity index (χ0v) is 22.8. The van der Waals surface area contributed by atoms with E-state index in [1.807, 2.05) is 36.6 Å². The fourth-order valence-corrected chi connectivity index (χ4v) is 6.46. The number of para-hydroxylation sites is 1. The van der Waals surface area contributed by atoms with E-state index in [4.69, 9.17) is 18.9 Å². The second kappa shape index (κ2) is 11.4. The molecule has 0 spiro atoms. The highest BCUT2D eigenvalue weighted by Gasteiger charge is 2.39. The molecule has 3 heterocycles. The monoisotopic (exact) mass is 542 g/mol. The number of esters is 1. The molecule has 204 valence electrons. The molecule has 9 nitrogen and oxygen atoms in total. The van der Waals surface area contributed by atoms with Crippen LogP contribution in [0.15, 0.2) is 39.2 Å². The second-order valence-electron chi connectivity index (χ2n) is 9.92.